The predicted octanol–water partition coefficient (Wildman–Crippen LogP) is 0.604. The molecular weight excluding hydrogens is 226 g/mol. The molecule has 0 aliphatic carbocycles. The van der Waals surface area contributed by atoms with E-state index in [-0.39, 0.29) is 18.7 Å². The SMILES string of the molecule is CC(C)C(N)C(CO)N1CCC(CN(C)C)CC1. The van der Waals surface area contributed by atoms with Crippen molar-refractivity contribution in [3.63, 3.8) is 0 Å². The fourth-order valence-corrected chi connectivity index (χ4v) is 2.91. The Bertz CT molecular complexity index is 225. The van der Waals surface area contributed by atoms with Crippen LogP contribution in [-0.4, -0.2) is 67.3 Å². The molecule has 18 heavy (non-hydrogen) atoms. The van der Waals surface area contributed by atoms with Gasteiger partial charge in [0.05, 0.1) is 6.61 Å². The average molecular weight is 257 g/mol. The van der Waals surface area contributed by atoms with Gasteiger partial charge in [0.2, 0.25) is 0 Å². The zero-order chi connectivity index (χ0) is 13.7. The highest BCUT2D eigenvalue weighted by Crippen LogP contribution is 2.21. The molecular formula is C14H31N3O. The van der Waals surface area contributed by atoms with Crippen molar-refractivity contribution < 1.29 is 5.11 Å². The van der Waals surface area contributed by atoms with E-state index in [2.05, 4.69) is 37.7 Å². The number of aliphatic hydroxyl groups excluding tert-OH is 1. The topological polar surface area (TPSA) is 52.7 Å². The van der Waals surface area contributed by atoms with E-state index in [4.69, 9.17) is 5.73 Å². The van der Waals surface area contributed by atoms with Gasteiger partial charge < -0.3 is 15.7 Å². The van der Waals surface area contributed by atoms with Gasteiger partial charge in [-0.05, 0) is 51.9 Å². The highest BCUT2D eigenvalue weighted by atomic mass is 16.3. The molecule has 0 aromatic heterocycles. The lowest BCUT2D eigenvalue weighted by Gasteiger charge is -2.40. The van der Waals surface area contributed by atoms with Crippen molar-refractivity contribution in [3.05, 3.63) is 0 Å². The molecule has 0 amide bonds. The Morgan fingerprint density at radius 3 is 2.22 bits per heavy atom. The zero-order valence-electron chi connectivity index (χ0n) is 12.5. The van der Waals surface area contributed by atoms with Crippen LogP contribution in [0.1, 0.15) is 26.7 Å². The Hall–Kier alpha value is -0.160. The molecule has 0 aromatic rings. The summed E-state index contributed by atoms with van der Waals surface area (Å²) >= 11 is 0. The van der Waals surface area contributed by atoms with Crippen molar-refractivity contribution in [3.8, 4) is 0 Å². The van der Waals surface area contributed by atoms with Crippen molar-refractivity contribution >= 4 is 0 Å². The van der Waals surface area contributed by atoms with Crippen LogP contribution in [0.25, 0.3) is 0 Å². The first-order valence-electron chi connectivity index (χ1n) is 7.21. The Balaban J connectivity index is 2.45. The first kappa shape index (κ1) is 15.9. The highest BCUT2D eigenvalue weighted by Gasteiger charge is 2.29. The molecule has 2 unspecified atom stereocenters. The van der Waals surface area contributed by atoms with Gasteiger partial charge in [-0.2, -0.15) is 0 Å². The second-order valence-electron chi connectivity index (χ2n) is 6.31. The van der Waals surface area contributed by atoms with Crippen LogP contribution >= 0.6 is 0 Å². The molecule has 1 heterocycles. The number of nitrogens with two attached hydrogens (primary N) is 1. The van der Waals surface area contributed by atoms with Crippen molar-refractivity contribution in [1.82, 2.24) is 9.80 Å². The molecule has 1 fully saturated rings. The van der Waals surface area contributed by atoms with Gasteiger partial charge in [0, 0.05) is 18.6 Å². The molecule has 1 aliphatic rings. The molecule has 2 atom stereocenters. The Labute approximate surface area is 112 Å². The molecule has 0 aromatic carbocycles. The molecule has 4 heteroatoms. The summed E-state index contributed by atoms with van der Waals surface area (Å²) in [6.07, 6.45) is 2.44. The van der Waals surface area contributed by atoms with E-state index in [1.807, 2.05) is 0 Å². The summed E-state index contributed by atoms with van der Waals surface area (Å²) in [7, 11) is 4.27. The van der Waals surface area contributed by atoms with Gasteiger partial charge >= 0.3 is 0 Å². The zero-order valence-corrected chi connectivity index (χ0v) is 12.5. The van der Waals surface area contributed by atoms with Gasteiger partial charge in [-0.3, -0.25) is 4.90 Å². The Morgan fingerprint density at radius 1 is 1.28 bits per heavy atom. The fraction of sp³-hybridized carbons (Fsp3) is 1.00. The number of hydrogen-bond donors (Lipinski definition) is 2. The summed E-state index contributed by atoms with van der Waals surface area (Å²) in [5, 5.41) is 9.58. The van der Waals surface area contributed by atoms with Crippen molar-refractivity contribution in [2.45, 2.75) is 38.8 Å². The number of nitrogens with zero attached hydrogens (tertiary/aromatic N) is 2. The quantitative estimate of drug-likeness (QED) is 0.732. The van der Waals surface area contributed by atoms with Crippen LogP contribution in [0.2, 0.25) is 0 Å². The van der Waals surface area contributed by atoms with Gasteiger partial charge in [-0.15, -0.1) is 0 Å². The Morgan fingerprint density at radius 2 is 1.83 bits per heavy atom. The number of rotatable bonds is 6. The molecule has 1 saturated heterocycles. The summed E-state index contributed by atoms with van der Waals surface area (Å²) in [5.74, 6) is 1.22. The minimum Gasteiger partial charge on any atom is -0.395 e. The molecule has 0 spiro atoms. The minimum atomic E-state index is 0.0698. The molecule has 1 aliphatic heterocycles. The number of likely N-dealkylation sites (tertiary alicyclic amines) is 1. The maximum Gasteiger partial charge on any atom is 0.0602 e. The normalized spacial score (nSPS) is 22.7. The molecule has 3 N–H and O–H groups in total. The van der Waals surface area contributed by atoms with Crippen molar-refractivity contribution in [2.24, 2.45) is 17.6 Å². The van der Waals surface area contributed by atoms with E-state index in [0.717, 1.165) is 19.0 Å². The van der Waals surface area contributed by atoms with Crippen LogP contribution in [0.5, 0.6) is 0 Å². The summed E-state index contributed by atoms with van der Waals surface area (Å²) in [6.45, 7) is 7.76. The third-order valence-electron chi connectivity index (χ3n) is 4.14. The lowest BCUT2D eigenvalue weighted by atomic mass is 9.91. The van der Waals surface area contributed by atoms with Gasteiger partial charge in [-0.25, -0.2) is 0 Å². The molecule has 1 rings (SSSR count). The largest absolute Gasteiger partial charge is 0.395 e. The smallest absolute Gasteiger partial charge is 0.0602 e. The highest BCUT2D eigenvalue weighted by molar-refractivity contribution is 4.87. The van der Waals surface area contributed by atoms with E-state index in [1.165, 1.54) is 19.4 Å². The summed E-state index contributed by atoms with van der Waals surface area (Å²) in [5.41, 5.74) is 6.21. The maximum atomic E-state index is 9.58. The first-order valence-corrected chi connectivity index (χ1v) is 7.21. The van der Waals surface area contributed by atoms with Crippen LogP contribution in [-0.2, 0) is 0 Å². The number of aliphatic hydroxyl groups is 1. The van der Waals surface area contributed by atoms with E-state index in [1.54, 1.807) is 0 Å². The average Bonchev–Trinajstić information content (AvgIpc) is 2.31. The number of piperidine rings is 1. The number of hydrogen-bond acceptors (Lipinski definition) is 4. The third kappa shape index (κ3) is 4.50. The molecule has 0 bridgehead atoms. The first-order chi connectivity index (χ1) is 8.45. The third-order valence-corrected chi connectivity index (χ3v) is 4.14. The maximum absolute atomic E-state index is 9.58. The molecule has 0 radical (unpaired) electrons. The monoisotopic (exact) mass is 257 g/mol. The predicted molar refractivity (Wildman–Crippen MR) is 76.5 cm³/mol. The van der Waals surface area contributed by atoms with Crippen LogP contribution in [0.3, 0.4) is 0 Å². The molecule has 4 nitrogen and oxygen atoms in total. The summed E-state index contributed by atoms with van der Waals surface area (Å²) in [6, 6.07) is 0.200. The molecule has 108 valence electrons. The Kier molecular flexibility index (Phi) is 6.57. The van der Waals surface area contributed by atoms with Crippen LogP contribution in [0, 0.1) is 11.8 Å². The van der Waals surface area contributed by atoms with Crippen LogP contribution < -0.4 is 5.73 Å². The van der Waals surface area contributed by atoms with Crippen LogP contribution in [0.4, 0.5) is 0 Å². The lowest BCUT2D eigenvalue weighted by Crippen LogP contribution is -2.54. The van der Waals surface area contributed by atoms with Gasteiger partial charge in [0.1, 0.15) is 0 Å². The second-order valence-corrected chi connectivity index (χ2v) is 6.31. The standard InChI is InChI=1S/C14H31N3O/c1-11(2)14(15)13(10-18)17-7-5-12(6-8-17)9-16(3)4/h11-14,18H,5-10,15H2,1-4H3. The second kappa shape index (κ2) is 7.43. The van der Waals surface area contributed by atoms with Gasteiger partial charge in [0.25, 0.3) is 0 Å². The summed E-state index contributed by atoms with van der Waals surface area (Å²) < 4.78 is 0. The van der Waals surface area contributed by atoms with Crippen LogP contribution in [0.15, 0.2) is 0 Å². The lowest BCUT2D eigenvalue weighted by molar-refractivity contribution is 0.0577. The van der Waals surface area contributed by atoms with Gasteiger partial charge in [0.15, 0.2) is 0 Å². The van der Waals surface area contributed by atoms with Crippen molar-refractivity contribution in [1.29, 1.82) is 0 Å². The fourth-order valence-electron chi connectivity index (χ4n) is 2.91. The van der Waals surface area contributed by atoms with E-state index >= 15 is 0 Å². The van der Waals surface area contributed by atoms with Gasteiger partial charge in [-0.1, -0.05) is 13.8 Å². The van der Waals surface area contributed by atoms with E-state index < -0.39 is 0 Å². The minimum absolute atomic E-state index is 0.0698. The van der Waals surface area contributed by atoms with E-state index in [0.29, 0.717) is 5.92 Å². The molecule has 0 saturated carbocycles. The summed E-state index contributed by atoms with van der Waals surface area (Å²) in [4.78, 5) is 4.65. The van der Waals surface area contributed by atoms with E-state index in [9.17, 15) is 5.11 Å². The van der Waals surface area contributed by atoms with Crippen molar-refractivity contribution in [2.75, 3.05) is 40.3 Å².